The molecule has 11 nitrogen and oxygen atoms in total. The number of para-hydroxylation sites is 1. The number of hydrogen-bond donors (Lipinski definition) is 4. The second kappa shape index (κ2) is 15.0. The maximum absolute atomic E-state index is 13.2. The Morgan fingerprint density at radius 1 is 0.950 bits per heavy atom. The molecule has 1 fully saturated rings. The van der Waals surface area contributed by atoms with Crippen LogP contribution >= 0.6 is 0 Å². The van der Waals surface area contributed by atoms with Gasteiger partial charge in [0.1, 0.15) is 24.4 Å². The Bertz CT molecular complexity index is 1150. The molecule has 0 radical (unpaired) electrons. The van der Waals surface area contributed by atoms with Crippen LogP contribution in [0.4, 0.5) is 0 Å². The summed E-state index contributed by atoms with van der Waals surface area (Å²) < 4.78 is 11.1. The van der Waals surface area contributed by atoms with Crippen molar-refractivity contribution in [3.8, 4) is 5.75 Å². The molecule has 0 aromatic heterocycles. The Morgan fingerprint density at radius 2 is 1.70 bits per heavy atom. The molecule has 0 unspecified atom stereocenters. The summed E-state index contributed by atoms with van der Waals surface area (Å²) in [7, 11) is 0. The van der Waals surface area contributed by atoms with Crippen LogP contribution in [0.5, 0.6) is 5.75 Å². The number of nitrogens with one attached hydrogen (secondary N) is 4. The van der Waals surface area contributed by atoms with Crippen LogP contribution in [-0.4, -0.2) is 93.2 Å². The lowest BCUT2D eigenvalue weighted by Gasteiger charge is -2.26. The van der Waals surface area contributed by atoms with Crippen LogP contribution in [0.15, 0.2) is 54.6 Å². The van der Waals surface area contributed by atoms with Crippen LogP contribution < -0.4 is 26.0 Å². The van der Waals surface area contributed by atoms with Gasteiger partial charge in [-0.05, 0) is 30.7 Å². The molecule has 11 heteroatoms. The quantitative estimate of drug-likeness (QED) is 0.362. The molecule has 2 aromatic carbocycles. The Kier molecular flexibility index (Phi) is 10.9. The van der Waals surface area contributed by atoms with Gasteiger partial charge in [0.2, 0.25) is 17.7 Å². The first-order chi connectivity index (χ1) is 19.5. The first-order valence-corrected chi connectivity index (χ1v) is 13.7. The Morgan fingerprint density at radius 3 is 2.50 bits per heavy atom. The van der Waals surface area contributed by atoms with Gasteiger partial charge in [-0.25, -0.2) is 0 Å². The summed E-state index contributed by atoms with van der Waals surface area (Å²) >= 11 is 0. The number of carbonyl (C=O) groups is 4. The summed E-state index contributed by atoms with van der Waals surface area (Å²) in [5, 5.41) is 11.1. The zero-order valence-corrected chi connectivity index (χ0v) is 22.5. The number of rotatable bonds is 7. The molecule has 0 spiro atoms. The number of fused-ring (bicyclic) bond motifs is 1. The van der Waals surface area contributed by atoms with E-state index in [1.165, 1.54) is 0 Å². The van der Waals surface area contributed by atoms with Crippen molar-refractivity contribution in [3.05, 3.63) is 65.7 Å². The first-order valence-electron chi connectivity index (χ1n) is 13.7. The Balaban J connectivity index is 1.47. The Hall–Kier alpha value is -3.96. The fraction of sp³-hybridized carbons (Fsp3) is 0.448. The van der Waals surface area contributed by atoms with Gasteiger partial charge in [0.05, 0.1) is 31.7 Å². The molecule has 0 saturated carbocycles. The zero-order chi connectivity index (χ0) is 28.2. The van der Waals surface area contributed by atoms with Crippen LogP contribution in [0, 0.1) is 0 Å². The lowest BCUT2D eigenvalue weighted by atomic mass is 10.0. The molecular weight excluding hydrogens is 514 g/mol. The highest BCUT2D eigenvalue weighted by Crippen LogP contribution is 2.18. The summed E-state index contributed by atoms with van der Waals surface area (Å²) in [5.41, 5.74) is 1.11. The summed E-state index contributed by atoms with van der Waals surface area (Å²) in [5.74, 6) is -1.56. The van der Waals surface area contributed by atoms with Gasteiger partial charge >= 0.3 is 0 Å². The summed E-state index contributed by atoms with van der Waals surface area (Å²) in [6.07, 6.45) is 0.657. The van der Waals surface area contributed by atoms with E-state index in [0.29, 0.717) is 31.9 Å². The number of carbonyl (C=O) groups excluding carboxylic acids is 4. The Labute approximate surface area is 234 Å². The second-order valence-electron chi connectivity index (χ2n) is 9.77. The van der Waals surface area contributed by atoms with Gasteiger partial charge in [0, 0.05) is 26.1 Å². The third kappa shape index (κ3) is 8.78. The van der Waals surface area contributed by atoms with Crippen LogP contribution in [-0.2, 0) is 25.5 Å². The highest BCUT2D eigenvalue weighted by Gasteiger charge is 2.28. The van der Waals surface area contributed by atoms with E-state index in [2.05, 4.69) is 26.2 Å². The molecule has 4 N–H and O–H groups in total. The standard InChI is InChI=1S/C29H37N5O6/c35-26-20-24(29(38)30-11-6-13-34-14-17-39-18-15-34)33-27(36)22-9-4-5-10-25(22)40-16-12-31-28(37)23(32-26)19-21-7-2-1-3-8-21/h1-5,7-10,23-24H,6,11-20H2,(H,30,38)(H,31,37)(H,32,35)(H,33,36)/t23-,24-/m0/s1. The van der Waals surface area contributed by atoms with E-state index < -0.39 is 29.8 Å². The van der Waals surface area contributed by atoms with Crippen molar-refractivity contribution >= 4 is 23.6 Å². The van der Waals surface area contributed by atoms with Crippen molar-refractivity contribution < 1.29 is 28.7 Å². The van der Waals surface area contributed by atoms with Crippen molar-refractivity contribution in [3.63, 3.8) is 0 Å². The molecule has 4 rings (SSSR count). The zero-order valence-electron chi connectivity index (χ0n) is 22.5. The van der Waals surface area contributed by atoms with Gasteiger partial charge in [-0.15, -0.1) is 0 Å². The van der Waals surface area contributed by atoms with E-state index in [-0.39, 0.29) is 37.5 Å². The maximum atomic E-state index is 13.2. The molecule has 214 valence electrons. The molecule has 2 heterocycles. The van der Waals surface area contributed by atoms with Gasteiger partial charge in [0.15, 0.2) is 0 Å². The predicted octanol–water partition coefficient (Wildman–Crippen LogP) is 0.250. The van der Waals surface area contributed by atoms with Gasteiger partial charge in [-0.2, -0.15) is 0 Å². The van der Waals surface area contributed by atoms with Crippen LogP contribution in [0.2, 0.25) is 0 Å². The van der Waals surface area contributed by atoms with E-state index in [1.54, 1.807) is 24.3 Å². The lowest BCUT2D eigenvalue weighted by Crippen LogP contribution is -2.53. The minimum Gasteiger partial charge on any atom is -0.491 e. The van der Waals surface area contributed by atoms with E-state index in [9.17, 15) is 19.2 Å². The molecular formula is C29H37N5O6. The van der Waals surface area contributed by atoms with Crippen molar-refractivity contribution in [1.82, 2.24) is 26.2 Å². The van der Waals surface area contributed by atoms with Crippen LogP contribution in [0.25, 0.3) is 0 Å². The smallest absolute Gasteiger partial charge is 0.255 e. The topological polar surface area (TPSA) is 138 Å². The highest BCUT2D eigenvalue weighted by molar-refractivity contribution is 6.01. The predicted molar refractivity (Wildman–Crippen MR) is 148 cm³/mol. The average Bonchev–Trinajstić information content (AvgIpc) is 2.97. The van der Waals surface area contributed by atoms with E-state index in [4.69, 9.17) is 9.47 Å². The van der Waals surface area contributed by atoms with Crippen molar-refractivity contribution in [2.24, 2.45) is 0 Å². The monoisotopic (exact) mass is 551 g/mol. The lowest BCUT2D eigenvalue weighted by molar-refractivity contribution is -0.131. The number of hydrogen-bond acceptors (Lipinski definition) is 7. The highest BCUT2D eigenvalue weighted by atomic mass is 16.5. The van der Waals surface area contributed by atoms with E-state index in [1.807, 2.05) is 30.3 Å². The maximum Gasteiger partial charge on any atom is 0.255 e. The fourth-order valence-electron chi connectivity index (χ4n) is 4.64. The fourth-order valence-corrected chi connectivity index (χ4v) is 4.64. The minimum absolute atomic E-state index is 0.120. The molecule has 0 bridgehead atoms. The molecule has 2 atom stereocenters. The molecule has 2 aliphatic rings. The summed E-state index contributed by atoms with van der Waals surface area (Å²) in [6.45, 7) is 4.61. The first kappa shape index (κ1) is 29.0. The largest absolute Gasteiger partial charge is 0.491 e. The van der Waals surface area contributed by atoms with Crippen molar-refractivity contribution in [2.45, 2.75) is 31.3 Å². The van der Waals surface area contributed by atoms with E-state index in [0.717, 1.165) is 25.2 Å². The SMILES string of the molecule is O=C1C[C@@H](C(=O)NCCCN2CCOCC2)NC(=O)c2ccccc2OCCNC(=O)[C@H](Cc2ccccc2)N1. The van der Waals surface area contributed by atoms with Crippen molar-refractivity contribution in [1.29, 1.82) is 0 Å². The number of morpholine rings is 1. The summed E-state index contributed by atoms with van der Waals surface area (Å²) in [6, 6.07) is 14.0. The number of ether oxygens (including phenoxy) is 2. The molecule has 4 amide bonds. The van der Waals surface area contributed by atoms with Gasteiger partial charge in [-0.1, -0.05) is 42.5 Å². The molecule has 2 aliphatic heterocycles. The third-order valence-electron chi connectivity index (χ3n) is 6.79. The number of nitrogens with zero attached hydrogens (tertiary/aromatic N) is 1. The van der Waals surface area contributed by atoms with Crippen LogP contribution in [0.3, 0.4) is 0 Å². The molecule has 40 heavy (non-hydrogen) atoms. The van der Waals surface area contributed by atoms with Gasteiger partial charge in [-0.3, -0.25) is 24.1 Å². The summed E-state index contributed by atoms with van der Waals surface area (Å²) in [4.78, 5) is 54.8. The third-order valence-corrected chi connectivity index (χ3v) is 6.79. The molecule has 1 saturated heterocycles. The van der Waals surface area contributed by atoms with Gasteiger partial charge in [0.25, 0.3) is 5.91 Å². The number of benzene rings is 2. The molecule has 0 aliphatic carbocycles. The van der Waals surface area contributed by atoms with E-state index >= 15 is 0 Å². The average molecular weight is 552 g/mol. The normalized spacial score (nSPS) is 21.1. The number of amides is 4. The van der Waals surface area contributed by atoms with Crippen LogP contribution in [0.1, 0.15) is 28.8 Å². The van der Waals surface area contributed by atoms with Gasteiger partial charge < -0.3 is 30.7 Å². The molecule has 2 aromatic rings. The van der Waals surface area contributed by atoms with Crippen molar-refractivity contribution in [2.75, 3.05) is 52.5 Å². The second-order valence-corrected chi connectivity index (χ2v) is 9.77. The minimum atomic E-state index is -1.15.